The fourth-order valence-electron chi connectivity index (χ4n) is 3.97. The lowest BCUT2D eigenvalue weighted by atomic mass is 9.92. The molecule has 0 unspecified atom stereocenters. The summed E-state index contributed by atoms with van der Waals surface area (Å²) in [6.45, 7) is 3.06. The fourth-order valence-corrected chi connectivity index (χ4v) is 4.88. The third-order valence-electron chi connectivity index (χ3n) is 6.14. The highest BCUT2D eigenvalue weighted by molar-refractivity contribution is 7.91. The maximum absolute atomic E-state index is 14.8. The minimum absolute atomic E-state index is 0.0144. The molecule has 0 atom stereocenters. The van der Waals surface area contributed by atoms with Crippen molar-refractivity contribution in [3.8, 4) is 16.9 Å². The van der Waals surface area contributed by atoms with Crippen molar-refractivity contribution in [1.29, 1.82) is 0 Å². The summed E-state index contributed by atoms with van der Waals surface area (Å²) in [5.74, 6) is -0.468. The van der Waals surface area contributed by atoms with E-state index in [1.54, 1.807) is 19.0 Å². The minimum Gasteiger partial charge on any atom is -0.490 e. The largest absolute Gasteiger partial charge is 0.490 e. The molecule has 32 heavy (non-hydrogen) atoms. The van der Waals surface area contributed by atoms with Crippen LogP contribution in [0, 0.1) is 5.82 Å². The van der Waals surface area contributed by atoms with Crippen LogP contribution in [-0.2, 0) is 21.7 Å². The van der Waals surface area contributed by atoms with E-state index in [1.165, 1.54) is 42.8 Å². The molecule has 0 bridgehead atoms. The first-order chi connectivity index (χ1) is 15.0. The third-order valence-corrected chi connectivity index (χ3v) is 7.87. The Labute approximate surface area is 187 Å². The van der Waals surface area contributed by atoms with Crippen LogP contribution in [-0.4, -0.2) is 48.7 Å². The topological polar surface area (TPSA) is 85.7 Å². The van der Waals surface area contributed by atoms with Gasteiger partial charge in [0.05, 0.1) is 16.8 Å². The Kier molecular flexibility index (Phi) is 7.07. The average molecular weight is 465 g/mol. The summed E-state index contributed by atoms with van der Waals surface area (Å²) in [6.07, 6.45) is 4.17. The van der Waals surface area contributed by atoms with Crippen molar-refractivity contribution >= 4 is 15.7 Å². The number of hydrogen-bond acceptors (Lipinski definition) is 5. The molecular weight excluding hydrogens is 435 g/mol. The van der Waals surface area contributed by atoms with E-state index in [0.29, 0.717) is 18.4 Å². The Morgan fingerprint density at radius 3 is 2.44 bits per heavy atom. The van der Waals surface area contributed by atoms with Gasteiger partial charge in [0.15, 0.2) is 9.84 Å². The van der Waals surface area contributed by atoms with Crippen molar-refractivity contribution in [3.63, 3.8) is 0 Å². The third kappa shape index (κ3) is 5.03. The number of carbonyl (C=O) groups is 1. The lowest BCUT2D eigenvalue weighted by Crippen LogP contribution is -2.40. The first-order valence-electron chi connectivity index (χ1n) is 10.7. The van der Waals surface area contributed by atoms with Gasteiger partial charge in [-0.25, -0.2) is 12.8 Å². The molecule has 0 spiro atoms. The highest BCUT2D eigenvalue weighted by atomic mass is 32.2. The molecular formula is C23H29FN2O5S. The number of ether oxygens (including phenoxy) is 1. The molecule has 9 heteroatoms. The summed E-state index contributed by atoms with van der Waals surface area (Å²) in [4.78, 5) is 25.7. The van der Waals surface area contributed by atoms with Gasteiger partial charge in [0.25, 0.3) is 5.56 Å². The quantitative estimate of drug-likeness (QED) is 0.613. The van der Waals surface area contributed by atoms with Crippen LogP contribution in [0.4, 0.5) is 4.39 Å². The Bertz CT molecular complexity index is 1170. The van der Waals surface area contributed by atoms with E-state index in [0.717, 1.165) is 18.9 Å². The van der Waals surface area contributed by atoms with Crippen LogP contribution in [0.25, 0.3) is 11.1 Å². The molecule has 1 heterocycles. The summed E-state index contributed by atoms with van der Waals surface area (Å²) in [5, 5.41) is 0. The van der Waals surface area contributed by atoms with Gasteiger partial charge in [-0.05, 0) is 43.9 Å². The molecule has 174 valence electrons. The van der Waals surface area contributed by atoms with Gasteiger partial charge in [-0.2, -0.15) is 0 Å². The zero-order valence-corrected chi connectivity index (χ0v) is 19.6. The second-order valence-corrected chi connectivity index (χ2v) is 10.5. The predicted octanol–water partition coefficient (Wildman–Crippen LogP) is 3.15. The van der Waals surface area contributed by atoms with Crippen LogP contribution in [0.15, 0.2) is 40.2 Å². The highest BCUT2D eigenvalue weighted by Crippen LogP contribution is 2.35. The van der Waals surface area contributed by atoms with Crippen molar-refractivity contribution in [1.82, 2.24) is 9.47 Å². The second kappa shape index (κ2) is 9.44. The predicted molar refractivity (Wildman–Crippen MR) is 120 cm³/mol. The number of rotatable bonds is 6. The number of halogens is 1. The number of aromatic nitrogens is 1. The Balaban J connectivity index is 1.94. The summed E-state index contributed by atoms with van der Waals surface area (Å²) in [6, 6.07) is 5.11. The SMILES string of the molecule is CCS(=O)(=O)c1ccc(F)c(-c2cn(C)c(=O)cc2O[C@H]2CC[C@H](N(C)C(C)=O)CC2)c1. The van der Waals surface area contributed by atoms with Crippen molar-refractivity contribution in [2.24, 2.45) is 7.05 Å². The molecule has 1 amide bonds. The summed E-state index contributed by atoms with van der Waals surface area (Å²) in [5.41, 5.74) is 0.0716. The summed E-state index contributed by atoms with van der Waals surface area (Å²) < 4.78 is 46.9. The minimum atomic E-state index is -3.53. The molecule has 1 aromatic carbocycles. The van der Waals surface area contributed by atoms with Crippen LogP contribution in [0.3, 0.4) is 0 Å². The molecule has 0 saturated heterocycles. The van der Waals surface area contributed by atoms with Crippen LogP contribution >= 0.6 is 0 Å². The van der Waals surface area contributed by atoms with Crippen LogP contribution in [0.2, 0.25) is 0 Å². The maximum Gasteiger partial charge on any atom is 0.254 e. The molecule has 1 saturated carbocycles. The van der Waals surface area contributed by atoms with Crippen LogP contribution < -0.4 is 10.3 Å². The van der Waals surface area contributed by atoms with Crippen molar-refractivity contribution in [2.45, 2.75) is 56.6 Å². The van der Waals surface area contributed by atoms with Gasteiger partial charge in [-0.15, -0.1) is 0 Å². The van der Waals surface area contributed by atoms with E-state index >= 15 is 0 Å². The summed E-state index contributed by atoms with van der Waals surface area (Å²) in [7, 11) is -0.204. The van der Waals surface area contributed by atoms with E-state index < -0.39 is 15.7 Å². The van der Waals surface area contributed by atoms with Gasteiger partial charge in [0, 0.05) is 50.5 Å². The monoisotopic (exact) mass is 464 g/mol. The van der Waals surface area contributed by atoms with Crippen LogP contribution in [0.1, 0.15) is 39.5 Å². The van der Waals surface area contributed by atoms with Gasteiger partial charge in [0.1, 0.15) is 11.6 Å². The fraction of sp³-hybridized carbons (Fsp3) is 0.478. The normalized spacial score (nSPS) is 18.9. The molecule has 0 N–H and O–H groups in total. The Hall–Kier alpha value is -2.68. The summed E-state index contributed by atoms with van der Waals surface area (Å²) >= 11 is 0. The van der Waals surface area contributed by atoms with Gasteiger partial charge in [-0.3, -0.25) is 9.59 Å². The number of sulfone groups is 1. The molecule has 1 fully saturated rings. The average Bonchev–Trinajstić information content (AvgIpc) is 2.76. The number of carbonyl (C=O) groups excluding carboxylic acids is 1. The smallest absolute Gasteiger partial charge is 0.254 e. The standard InChI is InChI=1S/C23H29FN2O5S/c1-5-32(29,30)18-10-11-21(24)19(12-18)20-14-25(3)23(28)13-22(20)31-17-8-6-16(7-9-17)26(4)15(2)27/h10-14,16-17H,5-9H2,1-4H3/t16-,17-. The Morgan fingerprint density at radius 1 is 1.19 bits per heavy atom. The van der Waals surface area contributed by atoms with E-state index in [1.807, 2.05) is 0 Å². The molecule has 1 aromatic heterocycles. The number of pyridine rings is 1. The molecule has 0 radical (unpaired) electrons. The molecule has 1 aliphatic rings. The second-order valence-electron chi connectivity index (χ2n) is 8.22. The lowest BCUT2D eigenvalue weighted by Gasteiger charge is -2.34. The van der Waals surface area contributed by atoms with Gasteiger partial charge >= 0.3 is 0 Å². The zero-order valence-electron chi connectivity index (χ0n) is 18.8. The van der Waals surface area contributed by atoms with Crippen molar-refractivity contribution in [2.75, 3.05) is 12.8 Å². The lowest BCUT2D eigenvalue weighted by molar-refractivity contribution is -0.130. The first-order valence-corrected chi connectivity index (χ1v) is 12.3. The molecule has 0 aliphatic heterocycles. The molecule has 7 nitrogen and oxygen atoms in total. The zero-order chi connectivity index (χ0) is 23.6. The van der Waals surface area contributed by atoms with Crippen molar-refractivity contribution < 1.29 is 22.3 Å². The van der Waals surface area contributed by atoms with E-state index in [2.05, 4.69) is 0 Å². The Morgan fingerprint density at radius 2 is 1.84 bits per heavy atom. The number of benzene rings is 1. The van der Waals surface area contributed by atoms with E-state index in [9.17, 15) is 22.4 Å². The highest BCUT2D eigenvalue weighted by Gasteiger charge is 2.27. The number of amides is 1. The number of hydrogen-bond donors (Lipinski definition) is 0. The van der Waals surface area contributed by atoms with Gasteiger partial charge in [0.2, 0.25) is 5.91 Å². The maximum atomic E-state index is 14.8. The van der Waals surface area contributed by atoms with Crippen LogP contribution in [0.5, 0.6) is 5.75 Å². The number of nitrogens with zero attached hydrogens (tertiary/aromatic N) is 2. The van der Waals surface area contributed by atoms with Gasteiger partial charge < -0.3 is 14.2 Å². The van der Waals surface area contributed by atoms with E-state index in [4.69, 9.17) is 4.74 Å². The number of aryl methyl sites for hydroxylation is 1. The molecule has 3 rings (SSSR count). The van der Waals surface area contributed by atoms with E-state index in [-0.39, 0.29) is 45.6 Å². The van der Waals surface area contributed by atoms with Gasteiger partial charge in [-0.1, -0.05) is 6.92 Å². The first kappa shape index (κ1) is 24.0. The molecule has 2 aromatic rings. The molecule has 1 aliphatic carbocycles. The van der Waals surface area contributed by atoms with Crippen molar-refractivity contribution in [3.05, 3.63) is 46.6 Å².